The lowest BCUT2D eigenvalue weighted by Gasteiger charge is -2.17. The third-order valence-electron chi connectivity index (χ3n) is 2.97. The van der Waals surface area contributed by atoms with Gasteiger partial charge in [-0.2, -0.15) is 0 Å². The summed E-state index contributed by atoms with van der Waals surface area (Å²) in [6.45, 7) is 0. The molecule has 84 valence electrons. The fourth-order valence-electron chi connectivity index (χ4n) is 2.13. The highest BCUT2D eigenvalue weighted by Gasteiger charge is 2.68. The van der Waals surface area contributed by atoms with Crippen LogP contribution in [0.5, 0.6) is 0 Å². The van der Waals surface area contributed by atoms with Crippen LogP contribution in [0, 0.1) is 11.8 Å². The first kappa shape index (κ1) is 11.8. The van der Waals surface area contributed by atoms with E-state index in [1.807, 2.05) is 14.1 Å². The molecule has 2 rings (SSSR count). The third kappa shape index (κ3) is 2.21. The summed E-state index contributed by atoms with van der Waals surface area (Å²) in [5, 5.41) is 2.75. The lowest BCUT2D eigenvalue weighted by molar-refractivity contribution is 0.0846. The van der Waals surface area contributed by atoms with E-state index in [1.54, 1.807) is 0 Å². The molecule has 2 fully saturated rings. The molecule has 3 atom stereocenters. The number of rotatable bonds is 1. The Morgan fingerprint density at radius 3 is 2.21 bits per heavy atom. The molecule has 2 saturated carbocycles. The van der Waals surface area contributed by atoms with Crippen molar-refractivity contribution in [1.29, 1.82) is 0 Å². The average Bonchev–Trinajstić information content (AvgIpc) is 2.70. The van der Waals surface area contributed by atoms with Crippen LogP contribution in [0.3, 0.4) is 0 Å². The Morgan fingerprint density at radius 1 is 1.21 bits per heavy atom. The third-order valence-corrected chi connectivity index (χ3v) is 2.97. The van der Waals surface area contributed by atoms with E-state index in [0.717, 1.165) is 6.42 Å². The summed E-state index contributed by atoms with van der Waals surface area (Å²) in [7, 11) is 3.75. The number of fused-ring (bicyclic) bond motifs is 1. The molecular weight excluding hydrogens is 188 g/mol. The Morgan fingerprint density at radius 2 is 1.79 bits per heavy atom. The molecule has 2 aliphatic rings. The molecule has 4 N–H and O–H groups in total. The quantitative estimate of drug-likeness (QED) is 0.438. The van der Waals surface area contributed by atoms with Crippen LogP contribution in [-0.2, 0) is 0 Å². The van der Waals surface area contributed by atoms with Crippen LogP contribution in [0.25, 0.3) is 0 Å². The smallest absolute Gasteiger partial charge is 0.254 e. The predicted octanol–water partition coefficient (Wildman–Crippen LogP) is 0.719. The second-order valence-electron chi connectivity index (χ2n) is 4.06. The van der Waals surface area contributed by atoms with E-state index in [-0.39, 0.29) is 17.9 Å². The molecule has 0 aromatic carbocycles. The Bertz CT molecular complexity index is 187. The lowest BCUT2D eigenvalue weighted by Crippen LogP contribution is -2.37. The number of nitrogens with one attached hydrogen (secondary N) is 2. The number of alkyl halides is 2. The predicted molar refractivity (Wildman–Crippen MR) is 51.9 cm³/mol. The first-order chi connectivity index (χ1) is 6.57. The topological polar surface area (TPSA) is 50.1 Å². The van der Waals surface area contributed by atoms with Gasteiger partial charge in [-0.05, 0) is 33.4 Å². The molecule has 0 radical (unpaired) electrons. The van der Waals surface area contributed by atoms with Gasteiger partial charge < -0.3 is 5.32 Å². The zero-order valence-corrected chi connectivity index (χ0v) is 8.69. The summed E-state index contributed by atoms with van der Waals surface area (Å²) in [5.41, 5.74) is 2.57. The van der Waals surface area contributed by atoms with Crippen LogP contribution in [0.4, 0.5) is 8.78 Å². The molecule has 14 heavy (non-hydrogen) atoms. The molecule has 0 bridgehead atoms. The lowest BCUT2D eigenvalue weighted by atomic mass is 9.96. The Balaban J connectivity index is 0.000000293. The molecule has 2 aliphatic carbocycles. The van der Waals surface area contributed by atoms with E-state index in [2.05, 4.69) is 10.7 Å². The van der Waals surface area contributed by atoms with Gasteiger partial charge in [-0.15, -0.1) is 0 Å². The van der Waals surface area contributed by atoms with Gasteiger partial charge in [0.1, 0.15) is 0 Å². The van der Waals surface area contributed by atoms with E-state index in [0.29, 0.717) is 12.8 Å². The monoisotopic (exact) mass is 207 g/mol. The molecule has 0 amide bonds. The van der Waals surface area contributed by atoms with Gasteiger partial charge in [-0.1, -0.05) is 0 Å². The molecular formula is C9H19F2N3. The minimum Gasteiger partial charge on any atom is -0.323 e. The van der Waals surface area contributed by atoms with Crippen molar-refractivity contribution in [2.75, 3.05) is 14.1 Å². The second kappa shape index (κ2) is 4.51. The van der Waals surface area contributed by atoms with Crippen LogP contribution >= 0.6 is 0 Å². The average molecular weight is 207 g/mol. The summed E-state index contributed by atoms with van der Waals surface area (Å²) >= 11 is 0. The Labute approximate surface area is 83.4 Å². The molecule has 0 aliphatic heterocycles. The van der Waals surface area contributed by atoms with E-state index >= 15 is 0 Å². The first-order valence-corrected chi connectivity index (χ1v) is 5.00. The molecule has 3 nitrogen and oxygen atoms in total. The Kier molecular flexibility index (Phi) is 3.80. The zero-order chi connectivity index (χ0) is 10.8. The van der Waals surface area contributed by atoms with E-state index in [4.69, 9.17) is 5.84 Å². The molecule has 0 saturated heterocycles. The van der Waals surface area contributed by atoms with Crippen LogP contribution in [0.15, 0.2) is 0 Å². The Hall–Kier alpha value is -0.260. The van der Waals surface area contributed by atoms with Crippen LogP contribution in [-0.4, -0.2) is 26.1 Å². The summed E-state index contributed by atoms with van der Waals surface area (Å²) in [6, 6.07) is 0.115. The van der Waals surface area contributed by atoms with Crippen molar-refractivity contribution in [3.8, 4) is 0 Å². The highest BCUT2D eigenvalue weighted by atomic mass is 19.3. The largest absolute Gasteiger partial charge is 0.323 e. The number of hydrazine groups is 1. The standard InChI is InChI=1S/C7H12F2N2.C2H7N/c8-7(9)5-2-1-4(11-10)3-6(5)7;1-3-2/h4-6,11H,1-3,10H2;3H,1-2H3. The number of hydrogen-bond donors (Lipinski definition) is 3. The van der Waals surface area contributed by atoms with Crippen molar-refractivity contribution in [1.82, 2.24) is 10.7 Å². The maximum atomic E-state index is 12.7. The van der Waals surface area contributed by atoms with Gasteiger partial charge in [0.25, 0.3) is 5.92 Å². The van der Waals surface area contributed by atoms with Gasteiger partial charge in [0.05, 0.1) is 0 Å². The van der Waals surface area contributed by atoms with Gasteiger partial charge in [0.15, 0.2) is 0 Å². The van der Waals surface area contributed by atoms with Crippen molar-refractivity contribution in [2.24, 2.45) is 17.7 Å². The van der Waals surface area contributed by atoms with Gasteiger partial charge >= 0.3 is 0 Å². The highest BCUT2D eigenvalue weighted by Crippen LogP contribution is 2.61. The fourth-order valence-corrected chi connectivity index (χ4v) is 2.13. The summed E-state index contributed by atoms with van der Waals surface area (Å²) in [6.07, 6.45) is 1.98. The highest BCUT2D eigenvalue weighted by molar-refractivity contribution is 5.09. The maximum absolute atomic E-state index is 12.7. The van der Waals surface area contributed by atoms with Crippen LogP contribution < -0.4 is 16.6 Å². The van der Waals surface area contributed by atoms with Gasteiger partial charge in [-0.25, -0.2) is 8.78 Å². The summed E-state index contributed by atoms with van der Waals surface area (Å²) in [5.74, 6) is 2.10. The van der Waals surface area contributed by atoms with E-state index in [1.165, 1.54) is 0 Å². The van der Waals surface area contributed by atoms with Crippen molar-refractivity contribution in [2.45, 2.75) is 31.2 Å². The molecule has 0 spiro atoms. The molecule has 5 heteroatoms. The first-order valence-electron chi connectivity index (χ1n) is 5.00. The summed E-state index contributed by atoms with van der Waals surface area (Å²) in [4.78, 5) is 0. The van der Waals surface area contributed by atoms with E-state index in [9.17, 15) is 8.78 Å². The van der Waals surface area contributed by atoms with Crippen molar-refractivity contribution in [3.63, 3.8) is 0 Å². The fraction of sp³-hybridized carbons (Fsp3) is 1.00. The zero-order valence-electron chi connectivity index (χ0n) is 8.69. The normalized spacial score (nSPS) is 37.9. The second-order valence-corrected chi connectivity index (χ2v) is 4.06. The van der Waals surface area contributed by atoms with Gasteiger partial charge in [0, 0.05) is 17.9 Å². The molecule has 3 unspecified atom stereocenters. The molecule has 0 heterocycles. The number of hydrogen-bond acceptors (Lipinski definition) is 3. The summed E-state index contributed by atoms with van der Waals surface area (Å²) < 4.78 is 25.5. The minimum absolute atomic E-state index is 0.115. The van der Waals surface area contributed by atoms with Crippen molar-refractivity contribution >= 4 is 0 Å². The van der Waals surface area contributed by atoms with Crippen LogP contribution in [0.2, 0.25) is 0 Å². The number of nitrogens with two attached hydrogens (primary N) is 1. The van der Waals surface area contributed by atoms with Crippen molar-refractivity contribution < 1.29 is 8.78 Å². The van der Waals surface area contributed by atoms with Crippen LogP contribution in [0.1, 0.15) is 19.3 Å². The maximum Gasteiger partial charge on any atom is 0.254 e. The molecule has 0 aromatic heterocycles. The molecule has 0 aromatic rings. The van der Waals surface area contributed by atoms with Gasteiger partial charge in [-0.3, -0.25) is 11.3 Å². The van der Waals surface area contributed by atoms with Gasteiger partial charge in [0.2, 0.25) is 0 Å². The van der Waals surface area contributed by atoms with E-state index < -0.39 is 5.92 Å². The van der Waals surface area contributed by atoms with Crippen molar-refractivity contribution in [3.05, 3.63) is 0 Å². The number of halogens is 2. The minimum atomic E-state index is -2.37. The SMILES string of the molecule is CNC.NNC1CCC2C(C1)C2(F)F.